The van der Waals surface area contributed by atoms with Crippen molar-refractivity contribution in [1.29, 1.82) is 5.26 Å². The maximum absolute atomic E-state index is 12.9. The average molecular weight is 358 g/mol. The van der Waals surface area contributed by atoms with Crippen LogP contribution in [0.25, 0.3) is 0 Å². The molecule has 1 heterocycles. The minimum atomic E-state index is -0.673. The van der Waals surface area contributed by atoms with Crippen molar-refractivity contribution in [2.45, 2.75) is 44.2 Å². The molecule has 1 saturated heterocycles. The van der Waals surface area contributed by atoms with Gasteiger partial charge in [-0.05, 0) is 50.8 Å². The summed E-state index contributed by atoms with van der Waals surface area (Å²) in [5.74, 6) is -0.107. The van der Waals surface area contributed by atoms with Crippen molar-refractivity contribution in [2.24, 2.45) is 5.73 Å². The first-order chi connectivity index (χ1) is 12.6. The van der Waals surface area contributed by atoms with Crippen LogP contribution in [0.3, 0.4) is 0 Å². The zero-order valence-corrected chi connectivity index (χ0v) is 15.1. The molecule has 2 atom stereocenters. The summed E-state index contributed by atoms with van der Waals surface area (Å²) in [7, 11) is 1.50. The molecule has 1 aliphatic rings. The second-order valence-corrected chi connectivity index (χ2v) is 6.33. The summed E-state index contributed by atoms with van der Waals surface area (Å²) in [6.07, 6.45) is 3.48. The molecule has 7 heteroatoms. The molecule has 0 spiro atoms. The Hall–Kier alpha value is -2.59. The minimum Gasteiger partial charge on any atom is -0.496 e. The number of ether oxygens (including phenoxy) is 1. The zero-order valence-electron chi connectivity index (χ0n) is 15.1. The molecule has 0 saturated carbocycles. The fraction of sp³-hybridized carbons (Fsp3) is 0.526. The predicted octanol–water partition coefficient (Wildman–Crippen LogP) is 1.44. The number of unbranched alkanes of at least 4 members (excludes halogenated alkanes) is 1. The molecule has 0 aromatic heterocycles. The summed E-state index contributed by atoms with van der Waals surface area (Å²) in [5, 5.41) is 12.1. The third-order valence-electron chi connectivity index (χ3n) is 4.59. The molecular formula is C19H26N4O3. The molecule has 0 radical (unpaired) electrons. The van der Waals surface area contributed by atoms with Gasteiger partial charge in [0, 0.05) is 6.54 Å². The molecule has 1 aromatic carbocycles. The Morgan fingerprint density at radius 2 is 2.19 bits per heavy atom. The van der Waals surface area contributed by atoms with E-state index in [4.69, 9.17) is 10.5 Å². The van der Waals surface area contributed by atoms with Crippen LogP contribution in [0.5, 0.6) is 5.75 Å². The van der Waals surface area contributed by atoms with Crippen LogP contribution in [0.2, 0.25) is 0 Å². The number of hydrogen-bond acceptors (Lipinski definition) is 5. The minimum absolute atomic E-state index is 0.200. The van der Waals surface area contributed by atoms with Gasteiger partial charge in [0.2, 0.25) is 5.91 Å². The van der Waals surface area contributed by atoms with Gasteiger partial charge in [-0.15, -0.1) is 0 Å². The van der Waals surface area contributed by atoms with Crippen molar-refractivity contribution < 1.29 is 14.3 Å². The molecule has 1 aliphatic heterocycles. The van der Waals surface area contributed by atoms with Gasteiger partial charge in [0.05, 0.1) is 18.7 Å². The highest BCUT2D eigenvalue weighted by Crippen LogP contribution is 2.21. The molecule has 0 bridgehead atoms. The molecule has 1 fully saturated rings. The molecule has 2 amide bonds. The topological polar surface area (TPSA) is 108 Å². The number of benzene rings is 1. The van der Waals surface area contributed by atoms with E-state index in [9.17, 15) is 14.9 Å². The van der Waals surface area contributed by atoms with E-state index in [-0.39, 0.29) is 11.8 Å². The number of hydrogen-bond donors (Lipinski definition) is 2. The van der Waals surface area contributed by atoms with E-state index in [0.717, 1.165) is 19.3 Å². The normalized spacial score (nSPS) is 17.4. The number of likely N-dealkylation sites (tertiary alicyclic amines) is 1. The highest BCUT2D eigenvalue weighted by molar-refractivity contribution is 5.99. The molecule has 0 aliphatic carbocycles. The second-order valence-electron chi connectivity index (χ2n) is 6.33. The predicted molar refractivity (Wildman–Crippen MR) is 97.5 cm³/mol. The molecule has 2 rings (SSSR count). The number of methoxy groups -OCH3 is 1. The fourth-order valence-electron chi connectivity index (χ4n) is 3.18. The summed E-state index contributed by atoms with van der Waals surface area (Å²) in [6.45, 7) is 1.08. The van der Waals surface area contributed by atoms with Crippen molar-refractivity contribution in [3.8, 4) is 11.8 Å². The molecule has 26 heavy (non-hydrogen) atoms. The maximum atomic E-state index is 12.9. The quantitative estimate of drug-likeness (QED) is 0.684. The van der Waals surface area contributed by atoms with Gasteiger partial charge in [0.1, 0.15) is 17.8 Å². The Morgan fingerprint density at radius 1 is 1.42 bits per heavy atom. The van der Waals surface area contributed by atoms with E-state index < -0.39 is 12.1 Å². The number of carbonyl (C=O) groups excluding carboxylic acids is 2. The third-order valence-corrected chi connectivity index (χ3v) is 4.59. The lowest BCUT2D eigenvalue weighted by atomic mass is 10.1. The first-order valence-corrected chi connectivity index (χ1v) is 8.96. The second kappa shape index (κ2) is 9.78. The van der Waals surface area contributed by atoms with E-state index in [0.29, 0.717) is 37.2 Å². The molecule has 140 valence electrons. The molecular weight excluding hydrogens is 332 g/mol. The highest BCUT2D eigenvalue weighted by atomic mass is 16.5. The van der Waals surface area contributed by atoms with Gasteiger partial charge in [-0.3, -0.25) is 9.59 Å². The number of para-hydroxylation sites is 1. The lowest BCUT2D eigenvalue weighted by Gasteiger charge is -2.26. The van der Waals surface area contributed by atoms with E-state index in [2.05, 4.69) is 11.4 Å². The third kappa shape index (κ3) is 4.73. The van der Waals surface area contributed by atoms with Crippen LogP contribution in [0.15, 0.2) is 24.3 Å². The van der Waals surface area contributed by atoms with Crippen molar-refractivity contribution in [2.75, 3.05) is 20.2 Å². The number of nitrogens with one attached hydrogen (secondary N) is 1. The summed E-state index contributed by atoms with van der Waals surface area (Å²) in [5.41, 5.74) is 5.92. The van der Waals surface area contributed by atoms with Crippen LogP contribution >= 0.6 is 0 Å². The van der Waals surface area contributed by atoms with Gasteiger partial charge < -0.3 is 20.7 Å². The molecule has 3 N–H and O–H groups in total. The number of amides is 2. The number of carbonyl (C=O) groups is 2. The summed E-state index contributed by atoms with van der Waals surface area (Å²) in [4.78, 5) is 27.2. The van der Waals surface area contributed by atoms with Gasteiger partial charge in [-0.25, -0.2) is 0 Å². The number of rotatable bonds is 8. The van der Waals surface area contributed by atoms with Gasteiger partial charge in [0.25, 0.3) is 5.91 Å². The molecule has 1 aromatic rings. The van der Waals surface area contributed by atoms with Crippen molar-refractivity contribution >= 4 is 11.8 Å². The first-order valence-electron chi connectivity index (χ1n) is 8.96. The largest absolute Gasteiger partial charge is 0.496 e. The summed E-state index contributed by atoms with van der Waals surface area (Å²) in [6, 6.07) is 7.97. The van der Waals surface area contributed by atoms with E-state index in [1.165, 1.54) is 7.11 Å². The Kier molecular flexibility index (Phi) is 7.42. The Balaban J connectivity index is 2.14. The lowest BCUT2D eigenvalue weighted by Crippen LogP contribution is -2.49. The highest BCUT2D eigenvalue weighted by Gasteiger charge is 2.34. The van der Waals surface area contributed by atoms with Crippen LogP contribution < -0.4 is 15.8 Å². The van der Waals surface area contributed by atoms with Crippen LogP contribution in [0.4, 0.5) is 0 Å². The Bertz CT molecular complexity index is 671. The van der Waals surface area contributed by atoms with Crippen molar-refractivity contribution in [1.82, 2.24) is 10.2 Å². The summed E-state index contributed by atoms with van der Waals surface area (Å²) >= 11 is 0. The van der Waals surface area contributed by atoms with Gasteiger partial charge in [0.15, 0.2) is 0 Å². The fourth-order valence-corrected chi connectivity index (χ4v) is 3.18. The zero-order chi connectivity index (χ0) is 18.9. The van der Waals surface area contributed by atoms with E-state index >= 15 is 0 Å². The smallest absolute Gasteiger partial charge is 0.255 e. The SMILES string of the molecule is COc1ccccc1C(=O)N[C@@H](CCCCN)C(=O)N1CCC[C@H]1C#N. The summed E-state index contributed by atoms with van der Waals surface area (Å²) < 4.78 is 5.23. The molecule has 7 nitrogen and oxygen atoms in total. The number of nitrogens with zero attached hydrogens (tertiary/aromatic N) is 2. The van der Waals surface area contributed by atoms with E-state index in [1.807, 2.05) is 0 Å². The lowest BCUT2D eigenvalue weighted by molar-refractivity contribution is -0.133. The number of nitrogens with two attached hydrogens (primary N) is 1. The first kappa shape index (κ1) is 19.7. The number of nitriles is 1. The Labute approximate surface area is 154 Å². The van der Waals surface area contributed by atoms with E-state index in [1.54, 1.807) is 29.2 Å². The van der Waals surface area contributed by atoms with Gasteiger partial charge in [-0.1, -0.05) is 12.1 Å². The van der Waals surface area contributed by atoms with Crippen LogP contribution in [0.1, 0.15) is 42.5 Å². The Morgan fingerprint density at radius 3 is 2.88 bits per heavy atom. The molecule has 0 unspecified atom stereocenters. The van der Waals surface area contributed by atoms with Gasteiger partial charge in [-0.2, -0.15) is 5.26 Å². The van der Waals surface area contributed by atoms with Crippen LogP contribution in [0, 0.1) is 11.3 Å². The van der Waals surface area contributed by atoms with Gasteiger partial charge >= 0.3 is 0 Å². The average Bonchev–Trinajstić information content (AvgIpc) is 3.15. The van der Waals surface area contributed by atoms with Crippen LogP contribution in [-0.2, 0) is 4.79 Å². The van der Waals surface area contributed by atoms with Crippen molar-refractivity contribution in [3.05, 3.63) is 29.8 Å². The van der Waals surface area contributed by atoms with Crippen molar-refractivity contribution in [3.63, 3.8) is 0 Å². The van der Waals surface area contributed by atoms with Crippen LogP contribution in [-0.4, -0.2) is 49.0 Å². The maximum Gasteiger partial charge on any atom is 0.255 e. The standard InChI is InChI=1S/C19H26N4O3/c1-26-17-10-3-2-8-15(17)18(24)22-16(9-4-5-11-20)19(25)23-12-6-7-14(23)13-21/h2-3,8,10,14,16H,4-7,9,11-12,20H2,1H3,(H,22,24)/t14-,16-/m0/s1. The monoisotopic (exact) mass is 358 g/mol.